The molecule has 1 saturated carbocycles. The lowest BCUT2D eigenvalue weighted by atomic mass is 9.88. The Bertz CT molecular complexity index is 655. The zero-order valence-electron chi connectivity index (χ0n) is 12.6. The van der Waals surface area contributed by atoms with Gasteiger partial charge in [0.15, 0.2) is 0 Å². The fourth-order valence-electron chi connectivity index (χ4n) is 2.56. The van der Waals surface area contributed by atoms with E-state index in [1.807, 2.05) is 48.5 Å². The van der Waals surface area contributed by atoms with Gasteiger partial charge < -0.3 is 10.1 Å². The van der Waals surface area contributed by atoms with Gasteiger partial charge in [0.25, 0.3) is 5.92 Å². The van der Waals surface area contributed by atoms with E-state index < -0.39 is 5.92 Å². The van der Waals surface area contributed by atoms with Crippen LogP contribution in [-0.4, -0.2) is 12.0 Å². The monoisotopic (exact) mass is 381 g/mol. The normalized spacial score (nSPS) is 16.8. The number of alkyl halides is 2. The summed E-state index contributed by atoms with van der Waals surface area (Å²) < 4.78 is 32.3. The van der Waals surface area contributed by atoms with E-state index in [0.29, 0.717) is 13.2 Å². The standard InChI is InChI=1S/C18H18BrF2NO/c19-17-8-16(23-12-13-4-2-1-3-5-13)7-6-14(17)11-22-15-9-18(20,21)10-15/h1-8,15,22H,9-12H2. The summed E-state index contributed by atoms with van der Waals surface area (Å²) in [5.41, 5.74) is 2.15. The molecule has 0 bridgehead atoms. The Hall–Kier alpha value is -1.46. The average Bonchev–Trinajstić information content (AvgIpc) is 2.51. The van der Waals surface area contributed by atoms with Crippen LogP contribution < -0.4 is 10.1 Å². The molecule has 23 heavy (non-hydrogen) atoms. The molecule has 2 aromatic rings. The molecule has 1 N–H and O–H groups in total. The number of benzene rings is 2. The molecule has 122 valence electrons. The lowest BCUT2D eigenvalue weighted by Crippen LogP contribution is -2.48. The molecule has 0 saturated heterocycles. The van der Waals surface area contributed by atoms with Crippen LogP contribution in [0.25, 0.3) is 0 Å². The molecule has 0 heterocycles. The molecule has 5 heteroatoms. The topological polar surface area (TPSA) is 21.3 Å². The highest BCUT2D eigenvalue weighted by atomic mass is 79.9. The van der Waals surface area contributed by atoms with Crippen LogP contribution in [0.1, 0.15) is 24.0 Å². The van der Waals surface area contributed by atoms with Gasteiger partial charge in [-0.15, -0.1) is 0 Å². The Kier molecular flexibility index (Phi) is 4.97. The van der Waals surface area contributed by atoms with Gasteiger partial charge in [-0.3, -0.25) is 0 Å². The van der Waals surface area contributed by atoms with Crippen molar-refractivity contribution in [3.63, 3.8) is 0 Å². The van der Waals surface area contributed by atoms with Crippen molar-refractivity contribution >= 4 is 15.9 Å². The SMILES string of the molecule is FC1(F)CC(NCc2ccc(OCc3ccccc3)cc2Br)C1. The molecule has 1 aliphatic rings. The summed E-state index contributed by atoms with van der Waals surface area (Å²) in [4.78, 5) is 0. The van der Waals surface area contributed by atoms with Crippen LogP contribution in [0.3, 0.4) is 0 Å². The Morgan fingerprint density at radius 1 is 1.13 bits per heavy atom. The van der Waals surface area contributed by atoms with Gasteiger partial charge in [-0.05, 0) is 23.3 Å². The van der Waals surface area contributed by atoms with Crippen LogP contribution in [0.5, 0.6) is 5.75 Å². The molecule has 0 atom stereocenters. The number of nitrogens with one attached hydrogen (secondary N) is 1. The predicted octanol–water partition coefficient (Wildman–Crippen LogP) is 4.92. The Morgan fingerprint density at radius 2 is 1.87 bits per heavy atom. The fourth-order valence-corrected chi connectivity index (χ4v) is 3.06. The maximum absolute atomic E-state index is 12.8. The molecule has 2 nitrogen and oxygen atoms in total. The second kappa shape index (κ2) is 6.97. The molecule has 0 aromatic heterocycles. The summed E-state index contributed by atoms with van der Waals surface area (Å²) in [6.07, 6.45) is -0.133. The number of rotatable bonds is 6. The van der Waals surface area contributed by atoms with Gasteiger partial charge in [-0.2, -0.15) is 0 Å². The highest BCUT2D eigenvalue weighted by Crippen LogP contribution is 2.37. The number of hydrogen-bond acceptors (Lipinski definition) is 2. The molecule has 0 spiro atoms. The molecule has 0 unspecified atom stereocenters. The van der Waals surface area contributed by atoms with E-state index in [9.17, 15) is 8.78 Å². The van der Waals surface area contributed by atoms with E-state index in [0.717, 1.165) is 21.3 Å². The van der Waals surface area contributed by atoms with Crippen molar-refractivity contribution in [3.05, 3.63) is 64.1 Å². The summed E-state index contributed by atoms with van der Waals surface area (Å²) in [5, 5.41) is 3.16. The fraction of sp³-hybridized carbons (Fsp3) is 0.333. The molecular weight excluding hydrogens is 364 g/mol. The first-order valence-corrected chi connectivity index (χ1v) is 8.37. The van der Waals surface area contributed by atoms with Crippen molar-refractivity contribution in [2.75, 3.05) is 0 Å². The first kappa shape index (κ1) is 16.4. The molecule has 1 fully saturated rings. The van der Waals surface area contributed by atoms with Gasteiger partial charge in [0.1, 0.15) is 12.4 Å². The van der Waals surface area contributed by atoms with E-state index in [1.165, 1.54) is 0 Å². The van der Waals surface area contributed by atoms with Gasteiger partial charge in [-0.25, -0.2) is 8.78 Å². The molecule has 2 aromatic carbocycles. The minimum absolute atomic E-state index is 0.0666. The third-order valence-corrected chi connectivity index (χ3v) is 4.68. The van der Waals surface area contributed by atoms with Crippen molar-refractivity contribution in [3.8, 4) is 5.75 Å². The second-order valence-corrected chi connectivity index (χ2v) is 6.72. The van der Waals surface area contributed by atoms with Gasteiger partial charge >= 0.3 is 0 Å². The van der Waals surface area contributed by atoms with Crippen LogP contribution >= 0.6 is 15.9 Å². The van der Waals surface area contributed by atoms with Crippen LogP contribution in [-0.2, 0) is 13.2 Å². The van der Waals surface area contributed by atoms with Gasteiger partial charge in [-0.1, -0.05) is 52.3 Å². The number of halogens is 3. The quantitative estimate of drug-likeness (QED) is 0.766. The molecule has 0 aliphatic heterocycles. The number of hydrogen-bond donors (Lipinski definition) is 1. The van der Waals surface area contributed by atoms with Crippen LogP contribution in [0.4, 0.5) is 8.78 Å². The first-order valence-electron chi connectivity index (χ1n) is 7.58. The Morgan fingerprint density at radius 3 is 2.52 bits per heavy atom. The summed E-state index contributed by atoms with van der Waals surface area (Å²) in [6, 6.07) is 15.6. The van der Waals surface area contributed by atoms with Crippen molar-refractivity contribution in [1.29, 1.82) is 0 Å². The van der Waals surface area contributed by atoms with Crippen LogP contribution in [0.2, 0.25) is 0 Å². The minimum Gasteiger partial charge on any atom is -0.489 e. The van der Waals surface area contributed by atoms with E-state index in [4.69, 9.17) is 4.74 Å². The summed E-state index contributed by atoms with van der Waals surface area (Å²) in [7, 11) is 0. The summed E-state index contributed by atoms with van der Waals surface area (Å²) >= 11 is 3.52. The van der Waals surface area contributed by atoms with E-state index in [-0.39, 0.29) is 18.9 Å². The van der Waals surface area contributed by atoms with Crippen molar-refractivity contribution in [2.45, 2.75) is 38.0 Å². The lowest BCUT2D eigenvalue weighted by Gasteiger charge is -2.35. The van der Waals surface area contributed by atoms with Gasteiger partial charge in [0, 0.05) is 29.9 Å². The lowest BCUT2D eigenvalue weighted by molar-refractivity contribution is -0.0930. The van der Waals surface area contributed by atoms with E-state index in [1.54, 1.807) is 0 Å². The Labute approximate surface area is 143 Å². The second-order valence-electron chi connectivity index (χ2n) is 5.87. The molecular formula is C18H18BrF2NO. The largest absolute Gasteiger partial charge is 0.489 e. The summed E-state index contributed by atoms with van der Waals surface area (Å²) in [5.74, 6) is -1.70. The average molecular weight is 382 g/mol. The molecule has 1 aliphatic carbocycles. The van der Waals surface area contributed by atoms with Crippen LogP contribution in [0.15, 0.2) is 53.0 Å². The molecule has 0 radical (unpaired) electrons. The van der Waals surface area contributed by atoms with Gasteiger partial charge in [0.05, 0.1) is 0 Å². The maximum Gasteiger partial charge on any atom is 0.251 e. The predicted molar refractivity (Wildman–Crippen MR) is 89.7 cm³/mol. The molecule has 3 rings (SSSR count). The smallest absolute Gasteiger partial charge is 0.251 e. The third kappa shape index (κ3) is 4.52. The Balaban J connectivity index is 1.51. The van der Waals surface area contributed by atoms with E-state index >= 15 is 0 Å². The highest BCUT2D eigenvalue weighted by Gasteiger charge is 2.44. The summed E-state index contributed by atoms with van der Waals surface area (Å²) in [6.45, 7) is 1.09. The highest BCUT2D eigenvalue weighted by molar-refractivity contribution is 9.10. The maximum atomic E-state index is 12.8. The first-order chi connectivity index (χ1) is 11.0. The van der Waals surface area contributed by atoms with Gasteiger partial charge in [0.2, 0.25) is 0 Å². The van der Waals surface area contributed by atoms with Crippen LogP contribution in [0, 0.1) is 0 Å². The third-order valence-electron chi connectivity index (χ3n) is 3.94. The van der Waals surface area contributed by atoms with E-state index in [2.05, 4.69) is 21.2 Å². The van der Waals surface area contributed by atoms with Crippen molar-refractivity contribution in [1.82, 2.24) is 5.32 Å². The zero-order chi connectivity index (χ0) is 16.3. The number of ether oxygens (including phenoxy) is 1. The van der Waals surface area contributed by atoms with Crippen molar-refractivity contribution in [2.24, 2.45) is 0 Å². The minimum atomic E-state index is -2.48. The molecule has 0 amide bonds. The zero-order valence-corrected chi connectivity index (χ0v) is 14.2. The van der Waals surface area contributed by atoms with Crippen molar-refractivity contribution < 1.29 is 13.5 Å².